The van der Waals surface area contributed by atoms with E-state index in [0.717, 1.165) is 49.3 Å². The predicted octanol–water partition coefficient (Wildman–Crippen LogP) is 5.11. The molecule has 0 saturated carbocycles. The van der Waals surface area contributed by atoms with Gasteiger partial charge < -0.3 is 0 Å². The molecule has 1 amide bonds. The Morgan fingerprint density at radius 3 is 2.60 bits per heavy atom. The second kappa shape index (κ2) is 10.5. The van der Waals surface area contributed by atoms with E-state index in [9.17, 15) is 10.0 Å². The summed E-state index contributed by atoms with van der Waals surface area (Å²) in [5.41, 5.74) is 7.44. The molecule has 6 heteroatoms. The molecular formula is C29H28N4O2. The van der Waals surface area contributed by atoms with Crippen LogP contribution in [0, 0.1) is 0 Å². The van der Waals surface area contributed by atoms with Crippen LogP contribution in [-0.2, 0) is 24.2 Å². The Balaban J connectivity index is 1.19. The Kier molecular flexibility index (Phi) is 6.84. The largest absolute Gasteiger partial charge is 0.298 e. The zero-order chi connectivity index (χ0) is 24.0. The number of carbonyl (C=O) groups is 1. The molecule has 0 unspecified atom stereocenters. The quantitative estimate of drug-likeness (QED) is 0.226. The maximum atomic E-state index is 12.3. The van der Waals surface area contributed by atoms with E-state index in [0.29, 0.717) is 10.8 Å². The second-order valence-electron chi connectivity index (χ2n) is 8.75. The Morgan fingerprint density at radius 1 is 1.03 bits per heavy atom. The first kappa shape index (κ1) is 22.8. The Hall–Kier alpha value is -4.00. The van der Waals surface area contributed by atoms with E-state index in [-0.39, 0.29) is 0 Å². The van der Waals surface area contributed by atoms with Crippen LogP contribution in [0.3, 0.4) is 0 Å². The minimum Gasteiger partial charge on any atom is -0.298 e. The van der Waals surface area contributed by atoms with Crippen LogP contribution in [0.15, 0.2) is 91.1 Å². The van der Waals surface area contributed by atoms with Crippen molar-refractivity contribution in [3.63, 3.8) is 0 Å². The monoisotopic (exact) mass is 464 g/mol. The smallest absolute Gasteiger partial charge is 0.274 e. The first-order chi connectivity index (χ1) is 17.2. The van der Waals surface area contributed by atoms with Crippen LogP contribution in [0.2, 0.25) is 0 Å². The van der Waals surface area contributed by atoms with Gasteiger partial charge in [-0.2, -0.15) is 10.2 Å². The van der Waals surface area contributed by atoms with Gasteiger partial charge in [0.1, 0.15) is 0 Å². The normalized spacial score (nSPS) is 13.6. The number of H-pyrrole nitrogens is 1. The van der Waals surface area contributed by atoms with E-state index in [1.54, 1.807) is 30.3 Å². The Labute approximate surface area is 205 Å². The van der Waals surface area contributed by atoms with Gasteiger partial charge in [0.15, 0.2) is 0 Å². The molecule has 3 aromatic carbocycles. The zero-order valence-corrected chi connectivity index (χ0v) is 19.5. The molecule has 35 heavy (non-hydrogen) atoms. The summed E-state index contributed by atoms with van der Waals surface area (Å²) in [5.74, 6) is -0.478. The molecule has 0 radical (unpaired) electrons. The molecule has 5 rings (SSSR count). The summed E-state index contributed by atoms with van der Waals surface area (Å²) in [6, 6.07) is 25.4. The van der Waals surface area contributed by atoms with Gasteiger partial charge in [0, 0.05) is 37.5 Å². The summed E-state index contributed by atoms with van der Waals surface area (Å²) in [4.78, 5) is 14.8. The molecule has 176 valence electrons. The van der Waals surface area contributed by atoms with Crippen molar-refractivity contribution in [2.75, 3.05) is 18.2 Å². The summed E-state index contributed by atoms with van der Waals surface area (Å²) in [6.07, 6.45) is 7.08. The summed E-state index contributed by atoms with van der Waals surface area (Å²) in [7, 11) is 0. The van der Waals surface area contributed by atoms with Crippen molar-refractivity contribution < 1.29 is 10.0 Å². The molecule has 0 atom stereocenters. The minimum atomic E-state index is -0.478. The van der Waals surface area contributed by atoms with Crippen molar-refractivity contribution in [3.8, 4) is 11.3 Å². The molecule has 2 N–H and O–H groups in total. The van der Waals surface area contributed by atoms with Gasteiger partial charge in [-0.25, -0.2) is 0 Å². The van der Waals surface area contributed by atoms with Crippen LogP contribution in [0.5, 0.6) is 0 Å². The van der Waals surface area contributed by atoms with Gasteiger partial charge in [0.05, 0.1) is 11.4 Å². The van der Waals surface area contributed by atoms with Crippen molar-refractivity contribution in [2.45, 2.75) is 19.4 Å². The average molecular weight is 465 g/mol. The van der Waals surface area contributed by atoms with Gasteiger partial charge >= 0.3 is 0 Å². The van der Waals surface area contributed by atoms with Crippen molar-refractivity contribution in [3.05, 3.63) is 113 Å². The number of aromatic nitrogens is 2. The van der Waals surface area contributed by atoms with Crippen molar-refractivity contribution in [1.82, 2.24) is 15.1 Å². The van der Waals surface area contributed by atoms with Gasteiger partial charge in [-0.3, -0.25) is 20.0 Å². The van der Waals surface area contributed by atoms with Crippen LogP contribution in [-0.4, -0.2) is 39.3 Å². The molecule has 2 heterocycles. The molecule has 0 fully saturated rings. The summed E-state index contributed by atoms with van der Waals surface area (Å²) in [5, 5.41) is 18.3. The molecule has 0 bridgehead atoms. The number of aromatic amines is 1. The highest BCUT2D eigenvalue weighted by Gasteiger charge is 2.17. The number of rotatable bonds is 7. The molecular weight excluding hydrogens is 436 g/mol. The second-order valence-corrected chi connectivity index (χ2v) is 8.75. The van der Waals surface area contributed by atoms with E-state index in [4.69, 9.17) is 0 Å². The van der Waals surface area contributed by atoms with Crippen LogP contribution in [0.4, 0.5) is 5.69 Å². The van der Waals surface area contributed by atoms with E-state index < -0.39 is 5.91 Å². The Bertz CT molecular complexity index is 1320. The first-order valence-electron chi connectivity index (χ1n) is 11.9. The molecule has 0 spiro atoms. The maximum absolute atomic E-state index is 12.3. The van der Waals surface area contributed by atoms with Gasteiger partial charge in [-0.1, -0.05) is 66.7 Å². The number of nitrogens with one attached hydrogen (secondary N) is 1. The summed E-state index contributed by atoms with van der Waals surface area (Å²) in [6.45, 7) is 2.88. The zero-order valence-electron chi connectivity index (χ0n) is 19.5. The third-order valence-corrected chi connectivity index (χ3v) is 6.41. The maximum Gasteiger partial charge on any atom is 0.274 e. The number of hydroxylamine groups is 1. The van der Waals surface area contributed by atoms with E-state index in [1.165, 1.54) is 22.8 Å². The summed E-state index contributed by atoms with van der Waals surface area (Å²) >= 11 is 0. The van der Waals surface area contributed by atoms with Crippen molar-refractivity contribution in [2.24, 2.45) is 0 Å². The molecule has 4 aromatic rings. The lowest BCUT2D eigenvalue weighted by Crippen LogP contribution is -2.32. The summed E-state index contributed by atoms with van der Waals surface area (Å²) < 4.78 is 0. The van der Waals surface area contributed by atoms with Crippen molar-refractivity contribution >= 4 is 17.7 Å². The number of fused-ring (bicyclic) bond motifs is 1. The van der Waals surface area contributed by atoms with E-state index in [2.05, 4.69) is 39.4 Å². The first-order valence-corrected chi connectivity index (χ1v) is 11.9. The standard InChI is InChI=1S/C29H28N4O2/c34-28(33(35)27-9-5-2-6-10-27)14-12-22-11-13-26-21-32(17-15-24(26)19-22)18-16-25-20-30-31-29(25)23-7-3-1-4-8-23/h1-14,19-20,35H,15-18,21H2,(H,30,31)/b14-12+. The number of hydrogen-bond acceptors (Lipinski definition) is 4. The van der Waals surface area contributed by atoms with Gasteiger partial charge in [-0.15, -0.1) is 0 Å². The van der Waals surface area contributed by atoms with Crippen LogP contribution in [0.25, 0.3) is 17.3 Å². The number of amides is 1. The van der Waals surface area contributed by atoms with Gasteiger partial charge in [-0.05, 0) is 53.3 Å². The molecule has 0 aliphatic carbocycles. The SMILES string of the molecule is O=C(/C=C/c1ccc2c(c1)CCN(CCc1c[nH]nc1-c1ccccc1)C2)N(O)c1ccccc1. The van der Waals surface area contributed by atoms with Crippen molar-refractivity contribution in [1.29, 1.82) is 0 Å². The van der Waals surface area contributed by atoms with E-state index >= 15 is 0 Å². The number of benzene rings is 3. The number of nitrogens with zero attached hydrogens (tertiary/aromatic N) is 3. The highest BCUT2D eigenvalue weighted by molar-refractivity contribution is 6.02. The highest BCUT2D eigenvalue weighted by atomic mass is 16.5. The topological polar surface area (TPSA) is 72.5 Å². The fourth-order valence-corrected chi connectivity index (χ4v) is 4.49. The van der Waals surface area contributed by atoms with Gasteiger partial charge in [0.25, 0.3) is 5.91 Å². The van der Waals surface area contributed by atoms with Crippen LogP contribution in [0.1, 0.15) is 22.3 Å². The lowest BCUT2D eigenvalue weighted by Gasteiger charge is -2.29. The molecule has 6 nitrogen and oxygen atoms in total. The number of hydrogen-bond donors (Lipinski definition) is 2. The fourth-order valence-electron chi connectivity index (χ4n) is 4.49. The number of para-hydroxylation sites is 1. The fraction of sp³-hybridized carbons (Fsp3) is 0.172. The number of anilines is 1. The molecule has 0 saturated heterocycles. The number of carbonyl (C=O) groups excluding carboxylic acids is 1. The molecule has 1 aliphatic rings. The Morgan fingerprint density at radius 2 is 1.80 bits per heavy atom. The third-order valence-electron chi connectivity index (χ3n) is 6.41. The van der Waals surface area contributed by atoms with Crippen LogP contribution >= 0.6 is 0 Å². The highest BCUT2D eigenvalue weighted by Crippen LogP contribution is 2.24. The molecule has 1 aliphatic heterocycles. The lowest BCUT2D eigenvalue weighted by atomic mass is 9.96. The lowest BCUT2D eigenvalue weighted by molar-refractivity contribution is -0.118. The minimum absolute atomic E-state index is 0.444. The average Bonchev–Trinajstić information content (AvgIpc) is 3.39. The van der Waals surface area contributed by atoms with Crippen LogP contribution < -0.4 is 5.06 Å². The predicted molar refractivity (Wildman–Crippen MR) is 138 cm³/mol. The molecule has 1 aromatic heterocycles. The van der Waals surface area contributed by atoms with E-state index in [1.807, 2.05) is 36.5 Å². The van der Waals surface area contributed by atoms with Gasteiger partial charge in [0.2, 0.25) is 0 Å². The third kappa shape index (κ3) is 5.40.